The van der Waals surface area contributed by atoms with Crippen molar-refractivity contribution in [1.29, 1.82) is 0 Å². The molecule has 3 N–H and O–H groups in total. The molecule has 11 nitrogen and oxygen atoms in total. The van der Waals surface area contributed by atoms with Gasteiger partial charge >= 0.3 is 5.97 Å². The molecule has 1 aromatic carbocycles. The van der Waals surface area contributed by atoms with E-state index in [0.29, 0.717) is 31.9 Å². The number of amides is 2. The quantitative estimate of drug-likeness (QED) is 0.455. The second kappa shape index (κ2) is 9.65. The van der Waals surface area contributed by atoms with Crippen molar-refractivity contribution in [2.24, 2.45) is 5.73 Å². The summed E-state index contributed by atoms with van der Waals surface area (Å²) >= 11 is 0. The van der Waals surface area contributed by atoms with Crippen molar-refractivity contribution < 1.29 is 29.2 Å². The Morgan fingerprint density at radius 2 is 1.64 bits per heavy atom. The maximum absolute atomic E-state index is 12.2. The molecule has 1 atom stereocenters. The molecule has 1 fully saturated rings. The van der Waals surface area contributed by atoms with Crippen molar-refractivity contribution in [2.75, 3.05) is 32.8 Å². The summed E-state index contributed by atoms with van der Waals surface area (Å²) in [6.07, 6.45) is 0.112. The van der Waals surface area contributed by atoms with Gasteiger partial charge in [-0.05, 0) is 18.6 Å². The van der Waals surface area contributed by atoms with Crippen LogP contribution in [0.4, 0.5) is 5.69 Å². The Labute approximate surface area is 160 Å². The maximum atomic E-state index is 12.2. The first-order valence-electron chi connectivity index (χ1n) is 8.69. The molecule has 1 aliphatic rings. The predicted octanol–water partition coefficient (Wildman–Crippen LogP) is -0.163. The van der Waals surface area contributed by atoms with Gasteiger partial charge in [0.2, 0.25) is 5.91 Å². The summed E-state index contributed by atoms with van der Waals surface area (Å²) in [4.78, 5) is 48.2. The van der Waals surface area contributed by atoms with Crippen LogP contribution in [0.2, 0.25) is 0 Å². The summed E-state index contributed by atoms with van der Waals surface area (Å²) in [6, 6.07) is 4.36. The summed E-state index contributed by atoms with van der Waals surface area (Å²) in [7, 11) is 0. The summed E-state index contributed by atoms with van der Waals surface area (Å²) in [6.45, 7) is 1.19. The van der Waals surface area contributed by atoms with E-state index in [1.807, 2.05) is 0 Å². The third kappa shape index (κ3) is 5.91. The topological polar surface area (TPSA) is 156 Å². The highest BCUT2D eigenvalue weighted by Gasteiger charge is 2.25. The van der Waals surface area contributed by atoms with E-state index in [9.17, 15) is 24.5 Å². The van der Waals surface area contributed by atoms with E-state index in [1.54, 1.807) is 9.80 Å². The SMILES string of the molecule is N[C@@H](CCC(=O)N1CCN(C(=O)COc2ccc([N+](=O)[O-])cc2)CC1)C(=O)O. The van der Waals surface area contributed by atoms with E-state index in [4.69, 9.17) is 15.6 Å². The summed E-state index contributed by atoms with van der Waals surface area (Å²) in [5.41, 5.74) is 5.32. The van der Waals surface area contributed by atoms with Gasteiger partial charge in [-0.3, -0.25) is 24.5 Å². The minimum absolute atomic E-state index is 0.0463. The second-order valence-corrected chi connectivity index (χ2v) is 6.28. The predicted molar refractivity (Wildman–Crippen MR) is 96.6 cm³/mol. The lowest BCUT2D eigenvalue weighted by molar-refractivity contribution is -0.384. The lowest BCUT2D eigenvalue weighted by Crippen LogP contribution is -2.51. The average Bonchev–Trinajstić information content (AvgIpc) is 2.70. The van der Waals surface area contributed by atoms with Crippen molar-refractivity contribution in [2.45, 2.75) is 18.9 Å². The van der Waals surface area contributed by atoms with Gasteiger partial charge in [0.1, 0.15) is 11.8 Å². The molecule has 0 radical (unpaired) electrons. The van der Waals surface area contributed by atoms with E-state index in [0.717, 1.165) is 0 Å². The van der Waals surface area contributed by atoms with Crippen molar-refractivity contribution in [1.82, 2.24) is 9.80 Å². The van der Waals surface area contributed by atoms with Gasteiger partial charge in [0.25, 0.3) is 11.6 Å². The van der Waals surface area contributed by atoms with E-state index in [1.165, 1.54) is 24.3 Å². The molecular formula is C17H22N4O7. The maximum Gasteiger partial charge on any atom is 0.320 e. The normalized spacial score (nSPS) is 15.0. The Balaban J connectivity index is 1.73. The summed E-state index contributed by atoms with van der Waals surface area (Å²) < 4.78 is 5.35. The van der Waals surface area contributed by atoms with Crippen LogP contribution < -0.4 is 10.5 Å². The monoisotopic (exact) mass is 394 g/mol. The fourth-order valence-electron chi connectivity index (χ4n) is 2.67. The van der Waals surface area contributed by atoms with Gasteiger partial charge in [-0.2, -0.15) is 0 Å². The van der Waals surface area contributed by atoms with Crippen LogP contribution in [0.3, 0.4) is 0 Å². The van der Waals surface area contributed by atoms with Gasteiger partial charge in [-0.1, -0.05) is 0 Å². The average molecular weight is 394 g/mol. The van der Waals surface area contributed by atoms with Crippen molar-refractivity contribution in [3.05, 3.63) is 34.4 Å². The number of nitro groups is 1. The number of carboxylic acids is 1. The highest BCUT2D eigenvalue weighted by atomic mass is 16.6. The fraction of sp³-hybridized carbons (Fsp3) is 0.471. The number of hydrogen-bond donors (Lipinski definition) is 2. The minimum Gasteiger partial charge on any atom is -0.484 e. The standard InChI is InChI=1S/C17H22N4O7/c18-14(17(24)25)5-6-15(22)19-7-9-20(10-8-19)16(23)11-28-13-3-1-12(2-4-13)21(26)27/h1-4,14H,5-11,18H2,(H,24,25)/t14-/m0/s1. The Hall–Kier alpha value is -3.21. The minimum atomic E-state index is -1.14. The van der Waals surface area contributed by atoms with Crippen molar-refractivity contribution >= 4 is 23.5 Å². The number of nitrogens with zero attached hydrogens (tertiary/aromatic N) is 3. The Morgan fingerprint density at radius 1 is 1.11 bits per heavy atom. The largest absolute Gasteiger partial charge is 0.484 e. The number of benzene rings is 1. The molecular weight excluding hydrogens is 372 g/mol. The highest BCUT2D eigenvalue weighted by Crippen LogP contribution is 2.17. The molecule has 0 spiro atoms. The van der Waals surface area contributed by atoms with Crippen LogP contribution in [-0.2, 0) is 14.4 Å². The molecule has 0 unspecified atom stereocenters. The van der Waals surface area contributed by atoms with Gasteiger partial charge in [0, 0.05) is 44.7 Å². The lowest BCUT2D eigenvalue weighted by atomic mass is 10.1. The Bertz CT molecular complexity index is 730. The van der Waals surface area contributed by atoms with Crippen LogP contribution in [0, 0.1) is 10.1 Å². The van der Waals surface area contributed by atoms with E-state index < -0.39 is 16.9 Å². The smallest absolute Gasteiger partial charge is 0.320 e. The number of nitrogens with two attached hydrogens (primary N) is 1. The number of aliphatic carboxylic acids is 1. The molecule has 0 aromatic heterocycles. The second-order valence-electron chi connectivity index (χ2n) is 6.28. The summed E-state index contributed by atoms with van der Waals surface area (Å²) in [5.74, 6) is -1.23. The molecule has 0 saturated carbocycles. The molecule has 0 aliphatic carbocycles. The van der Waals surface area contributed by atoms with Gasteiger partial charge < -0.3 is 25.4 Å². The van der Waals surface area contributed by atoms with Gasteiger partial charge in [-0.25, -0.2) is 0 Å². The number of nitro benzene ring substituents is 1. The Morgan fingerprint density at radius 3 is 2.14 bits per heavy atom. The Kier molecular flexibility index (Phi) is 7.27. The number of piperazine rings is 1. The third-order valence-electron chi connectivity index (χ3n) is 4.38. The van der Waals surface area contributed by atoms with Crippen LogP contribution in [-0.4, -0.2) is 76.4 Å². The van der Waals surface area contributed by atoms with Crippen LogP contribution in [0.15, 0.2) is 24.3 Å². The molecule has 1 aliphatic heterocycles. The van der Waals surface area contributed by atoms with E-state index in [2.05, 4.69) is 0 Å². The zero-order valence-corrected chi connectivity index (χ0v) is 15.2. The van der Waals surface area contributed by atoms with Gasteiger partial charge in [0.15, 0.2) is 6.61 Å². The molecule has 2 amide bonds. The molecule has 2 rings (SSSR count). The molecule has 152 valence electrons. The molecule has 1 heterocycles. The van der Waals surface area contributed by atoms with Crippen molar-refractivity contribution in [3.63, 3.8) is 0 Å². The highest BCUT2D eigenvalue weighted by molar-refractivity contribution is 5.80. The number of non-ortho nitro benzene ring substituents is 1. The third-order valence-corrected chi connectivity index (χ3v) is 4.38. The zero-order valence-electron chi connectivity index (χ0n) is 15.2. The van der Waals surface area contributed by atoms with Crippen molar-refractivity contribution in [3.8, 4) is 5.75 Å². The zero-order chi connectivity index (χ0) is 20.7. The van der Waals surface area contributed by atoms with E-state index in [-0.39, 0.29) is 37.0 Å². The van der Waals surface area contributed by atoms with Gasteiger partial charge in [0.05, 0.1) is 4.92 Å². The first-order chi connectivity index (χ1) is 13.3. The van der Waals surface area contributed by atoms with Gasteiger partial charge in [-0.15, -0.1) is 0 Å². The molecule has 11 heteroatoms. The molecule has 28 heavy (non-hydrogen) atoms. The lowest BCUT2D eigenvalue weighted by Gasteiger charge is -2.34. The molecule has 1 aromatic rings. The fourth-order valence-corrected chi connectivity index (χ4v) is 2.67. The first kappa shape index (κ1) is 21.1. The van der Waals surface area contributed by atoms with Crippen LogP contribution in [0.5, 0.6) is 5.75 Å². The van der Waals surface area contributed by atoms with Crippen LogP contribution in [0.1, 0.15) is 12.8 Å². The molecule has 0 bridgehead atoms. The molecule has 1 saturated heterocycles. The van der Waals surface area contributed by atoms with Crippen LogP contribution in [0.25, 0.3) is 0 Å². The number of hydrogen-bond acceptors (Lipinski definition) is 7. The number of carbonyl (C=O) groups is 3. The van der Waals surface area contributed by atoms with E-state index >= 15 is 0 Å². The first-order valence-corrected chi connectivity index (χ1v) is 8.69. The summed E-state index contributed by atoms with van der Waals surface area (Å²) in [5, 5.41) is 19.3. The number of ether oxygens (including phenoxy) is 1. The number of carbonyl (C=O) groups excluding carboxylic acids is 2. The number of rotatable bonds is 8. The van der Waals surface area contributed by atoms with Crippen LogP contribution >= 0.6 is 0 Å². The number of carboxylic acid groups (broad SMARTS) is 1.